The molecule has 1 aromatic carbocycles. The third-order valence-corrected chi connectivity index (χ3v) is 4.62. The van der Waals surface area contributed by atoms with Crippen LogP contribution in [-0.2, 0) is 17.8 Å². The molecule has 0 saturated carbocycles. The van der Waals surface area contributed by atoms with Gasteiger partial charge in [0.2, 0.25) is 5.91 Å². The van der Waals surface area contributed by atoms with E-state index in [2.05, 4.69) is 24.8 Å². The molecule has 3 aromatic rings. The summed E-state index contributed by atoms with van der Waals surface area (Å²) in [6.45, 7) is 4.82. The maximum atomic E-state index is 12.1. The number of furan rings is 1. The molecule has 0 bridgehead atoms. The average molecular weight is 311 g/mol. The third kappa shape index (κ3) is 3.28. The molecule has 0 fully saturated rings. The van der Waals surface area contributed by atoms with Crippen LogP contribution < -0.4 is 0 Å². The van der Waals surface area contributed by atoms with Crippen LogP contribution in [0.3, 0.4) is 0 Å². The number of rotatable bonds is 6. The fourth-order valence-corrected chi connectivity index (χ4v) is 3.48. The van der Waals surface area contributed by atoms with Crippen molar-refractivity contribution in [1.82, 2.24) is 4.90 Å². The maximum Gasteiger partial charge on any atom is 0.246 e. The molecule has 2 heterocycles. The Morgan fingerprint density at radius 3 is 2.86 bits per heavy atom. The summed E-state index contributed by atoms with van der Waals surface area (Å²) in [5.41, 5.74) is 0. The first-order chi connectivity index (χ1) is 10.8. The fraction of sp³-hybridized carbons (Fsp3) is 0.167. The number of benzene rings is 1. The van der Waals surface area contributed by atoms with Gasteiger partial charge in [0.1, 0.15) is 5.76 Å². The van der Waals surface area contributed by atoms with Gasteiger partial charge in [0.05, 0.1) is 12.8 Å². The van der Waals surface area contributed by atoms with Crippen molar-refractivity contribution in [2.75, 3.05) is 6.54 Å². The zero-order valence-corrected chi connectivity index (χ0v) is 13.0. The highest BCUT2D eigenvalue weighted by Crippen LogP contribution is 2.26. The molecule has 0 aliphatic carbocycles. The molecular formula is C18H17NO2S. The molecule has 4 heteroatoms. The second kappa shape index (κ2) is 6.62. The van der Waals surface area contributed by atoms with Crippen molar-refractivity contribution in [3.63, 3.8) is 0 Å². The molecule has 22 heavy (non-hydrogen) atoms. The van der Waals surface area contributed by atoms with Crippen LogP contribution in [0.15, 0.2) is 65.8 Å². The predicted molar refractivity (Wildman–Crippen MR) is 89.9 cm³/mol. The maximum absolute atomic E-state index is 12.1. The summed E-state index contributed by atoms with van der Waals surface area (Å²) >= 11 is 1.73. The minimum atomic E-state index is -0.0518. The Morgan fingerprint density at radius 1 is 1.27 bits per heavy atom. The lowest BCUT2D eigenvalue weighted by Gasteiger charge is -2.19. The van der Waals surface area contributed by atoms with E-state index in [9.17, 15) is 4.79 Å². The summed E-state index contributed by atoms with van der Waals surface area (Å²) in [5, 5.41) is 1.22. The van der Waals surface area contributed by atoms with Gasteiger partial charge in [-0.1, -0.05) is 24.8 Å². The van der Waals surface area contributed by atoms with Crippen LogP contribution in [0.5, 0.6) is 0 Å². The molecule has 1 amide bonds. The molecule has 3 rings (SSSR count). The Balaban J connectivity index is 1.74. The van der Waals surface area contributed by atoms with Crippen LogP contribution in [0.1, 0.15) is 10.6 Å². The molecule has 0 atom stereocenters. The summed E-state index contributed by atoms with van der Waals surface area (Å²) in [6, 6.07) is 14.2. The monoisotopic (exact) mass is 311 g/mol. The van der Waals surface area contributed by atoms with Gasteiger partial charge in [0, 0.05) is 22.5 Å². The highest BCUT2D eigenvalue weighted by Gasteiger charge is 2.13. The molecule has 0 N–H and O–H groups in total. The Labute approximate surface area is 133 Å². The summed E-state index contributed by atoms with van der Waals surface area (Å²) in [7, 11) is 0. The highest BCUT2D eigenvalue weighted by molar-refractivity contribution is 7.19. The van der Waals surface area contributed by atoms with Crippen molar-refractivity contribution in [3.05, 3.63) is 72.0 Å². The van der Waals surface area contributed by atoms with Gasteiger partial charge in [0.15, 0.2) is 0 Å². The lowest BCUT2D eigenvalue weighted by molar-refractivity contribution is -0.126. The number of hydrogen-bond acceptors (Lipinski definition) is 3. The average Bonchev–Trinajstić information content (AvgIpc) is 3.19. The minimum Gasteiger partial charge on any atom is -0.469 e. The van der Waals surface area contributed by atoms with Crippen molar-refractivity contribution in [3.8, 4) is 0 Å². The SMILES string of the molecule is C=CC(=O)N(CCc1ccco1)Cc1cc2ccccc2s1. The van der Waals surface area contributed by atoms with Crippen molar-refractivity contribution in [2.24, 2.45) is 0 Å². The van der Waals surface area contributed by atoms with Gasteiger partial charge < -0.3 is 9.32 Å². The Hall–Kier alpha value is -2.33. The van der Waals surface area contributed by atoms with Crippen molar-refractivity contribution in [2.45, 2.75) is 13.0 Å². The topological polar surface area (TPSA) is 33.5 Å². The van der Waals surface area contributed by atoms with E-state index in [1.54, 1.807) is 22.5 Å². The smallest absolute Gasteiger partial charge is 0.246 e. The molecule has 0 aliphatic heterocycles. The lowest BCUT2D eigenvalue weighted by atomic mass is 10.2. The second-order valence-corrected chi connectivity index (χ2v) is 6.21. The third-order valence-electron chi connectivity index (χ3n) is 3.52. The van der Waals surface area contributed by atoms with Gasteiger partial charge in [-0.25, -0.2) is 0 Å². The number of fused-ring (bicyclic) bond motifs is 1. The first-order valence-corrected chi connectivity index (χ1v) is 7.99. The summed E-state index contributed by atoms with van der Waals surface area (Å²) in [4.78, 5) is 15.1. The number of hydrogen-bond donors (Lipinski definition) is 0. The molecule has 112 valence electrons. The zero-order valence-electron chi connectivity index (χ0n) is 12.2. The van der Waals surface area contributed by atoms with E-state index in [1.807, 2.05) is 24.3 Å². The molecule has 0 aliphatic rings. The van der Waals surface area contributed by atoms with Crippen LogP contribution in [0.4, 0.5) is 0 Å². The van der Waals surface area contributed by atoms with Crippen LogP contribution >= 0.6 is 11.3 Å². The van der Waals surface area contributed by atoms with E-state index in [0.29, 0.717) is 19.5 Å². The van der Waals surface area contributed by atoms with Crippen molar-refractivity contribution < 1.29 is 9.21 Å². The van der Waals surface area contributed by atoms with Gasteiger partial charge >= 0.3 is 0 Å². The largest absolute Gasteiger partial charge is 0.469 e. The first-order valence-electron chi connectivity index (χ1n) is 7.17. The van der Waals surface area contributed by atoms with E-state index in [4.69, 9.17) is 4.42 Å². The fourth-order valence-electron chi connectivity index (χ4n) is 2.40. The second-order valence-electron chi connectivity index (χ2n) is 5.04. The molecule has 0 saturated heterocycles. The Morgan fingerprint density at radius 2 is 2.14 bits per heavy atom. The summed E-state index contributed by atoms with van der Waals surface area (Å²) < 4.78 is 6.58. The van der Waals surface area contributed by atoms with Crippen LogP contribution in [0.2, 0.25) is 0 Å². The Kier molecular flexibility index (Phi) is 4.39. The molecule has 0 radical (unpaired) electrons. The predicted octanol–water partition coefficient (Wildman–Crippen LogP) is 4.25. The first kappa shape index (κ1) is 14.6. The van der Waals surface area contributed by atoms with E-state index in [-0.39, 0.29) is 5.91 Å². The van der Waals surface area contributed by atoms with Crippen molar-refractivity contribution >= 4 is 27.3 Å². The van der Waals surface area contributed by atoms with Crippen LogP contribution in [0, 0.1) is 0 Å². The van der Waals surface area contributed by atoms with Gasteiger partial charge in [-0.15, -0.1) is 11.3 Å². The summed E-state index contributed by atoms with van der Waals surface area (Å²) in [6.07, 6.45) is 3.73. The number of carbonyl (C=O) groups is 1. The quantitative estimate of drug-likeness (QED) is 0.638. The van der Waals surface area contributed by atoms with Gasteiger partial charge in [-0.3, -0.25) is 4.79 Å². The number of thiophene rings is 1. The molecule has 3 nitrogen and oxygen atoms in total. The molecule has 0 spiro atoms. The normalized spacial score (nSPS) is 10.7. The molecule has 0 unspecified atom stereocenters. The molecular weight excluding hydrogens is 294 g/mol. The van der Waals surface area contributed by atoms with E-state index >= 15 is 0 Å². The number of nitrogens with zero attached hydrogens (tertiary/aromatic N) is 1. The lowest BCUT2D eigenvalue weighted by Crippen LogP contribution is -2.30. The minimum absolute atomic E-state index is 0.0518. The van der Waals surface area contributed by atoms with E-state index in [0.717, 1.165) is 5.76 Å². The summed E-state index contributed by atoms with van der Waals surface area (Å²) in [5.74, 6) is 0.835. The van der Waals surface area contributed by atoms with Gasteiger partial charge in [-0.05, 0) is 35.7 Å². The van der Waals surface area contributed by atoms with Crippen LogP contribution in [-0.4, -0.2) is 17.4 Å². The molecule has 2 aromatic heterocycles. The zero-order chi connectivity index (χ0) is 15.4. The Bertz CT molecular complexity index is 740. The highest BCUT2D eigenvalue weighted by atomic mass is 32.1. The van der Waals surface area contributed by atoms with Crippen LogP contribution in [0.25, 0.3) is 10.1 Å². The van der Waals surface area contributed by atoms with Gasteiger partial charge in [0.25, 0.3) is 0 Å². The van der Waals surface area contributed by atoms with E-state index < -0.39 is 0 Å². The van der Waals surface area contributed by atoms with E-state index in [1.165, 1.54) is 21.0 Å². The van der Waals surface area contributed by atoms with Crippen molar-refractivity contribution in [1.29, 1.82) is 0 Å². The number of amides is 1. The standard InChI is InChI=1S/C18H17NO2S/c1-2-18(20)19(10-9-15-7-5-11-21-15)13-16-12-14-6-3-4-8-17(14)22-16/h2-8,11-12H,1,9-10,13H2. The van der Waals surface area contributed by atoms with Gasteiger partial charge in [-0.2, -0.15) is 0 Å². The number of carbonyl (C=O) groups excluding carboxylic acids is 1.